The Hall–Kier alpha value is -2.92. The third-order valence-corrected chi connectivity index (χ3v) is 4.70. The number of nitrogens with zero attached hydrogens (tertiary/aromatic N) is 1. The quantitative estimate of drug-likeness (QED) is 0.491. The first kappa shape index (κ1) is 16.5. The number of rotatable bonds is 4. The minimum atomic E-state index is -0.176. The summed E-state index contributed by atoms with van der Waals surface area (Å²) < 4.78 is 6.56. The van der Waals surface area contributed by atoms with E-state index in [0.29, 0.717) is 29.1 Å². The Morgan fingerprint density at radius 3 is 2.58 bits per heavy atom. The van der Waals surface area contributed by atoms with Crippen molar-refractivity contribution in [1.82, 2.24) is 4.98 Å². The highest BCUT2D eigenvalue weighted by Crippen LogP contribution is 2.23. The van der Waals surface area contributed by atoms with E-state index in [1.807, 2.05) is 66.7 Å². The van der Waals surface area contributed by atoms with Crippen LogP contribution >= 0.6 is 15.9 Å². The molecule has 0 aliphatic heterocycles. The molecule has 0 bridgehead atoms. The molecule has 0 aliphatic carbocycles. The van der Waals surface area contributed by atoms with Crippen molar-refractivity contribution in [2.24, 2.45) is 0 Å². The van der Waals surface area contributed by atoms with Crippen molar-refractivity contribution >= 4 is 38.6 Å². The molecule has 0 radical (unpaired) electrons. The molecule has 4 rings (SSSR count). The second kappa shape index (κ2) is 7.14. The molecule has 0 spiro atoms. The van der Waals surface area contributed by atoms with Crippen LogP contribution in [0, 0.1) is 0 Å². The maximum atomic E-state index is 12.4. The number of nitrogens with one attached hydrogen (secondary N) is 1. The summed E-state index contributed by atoms with van der Waals surface area (Å²) in [5, 5.41) is 2.90. The molecular weight excluding hydrogens is 392 g/mol. The number of amides is 1. The Morgan fingerprint density at radius 2 is 1.77 bits per heavy atom. The predicted molar refractivity (Wildman–Crippen MR) is 105 cm³/mol. The van der Waals surface area contributed by atoms with Gasteiger partial charge in [0.15, 0.2) is 11.5 Å². The second-order valence-corrected chi connectivity index (χ2v) is 6.74. The molecule has 0 unspecified atom stereocenters. The van der Waals surface area contributed by atoms with E-state index in [1.165, 1.54) is 0 Å². The molecule has 1 aromatic heterocycles. The lowest BCUT2D eigenvalue weighted by Crippen LogP contribution is -2.12. The van der Waals surface area contributed by atoms with Crippen LogP contribution in [0.5, 0.6) is 0 Å². The smallest absolute Gasteiger partial charge is 0.256 e. The first-order chi connectivity index (χ1) is 12.7. The monoisotopic (exact) mass is 406 g/mol. The van der Waals surface area contributed by atoms with Gasteiger partial charge >= 0.3 is 0 Å². The first-order valence-corrected chi connectivity index (χ1v) is 8.97. The van der Waals surface area contributed by atoms with Gasteiger partial charge in [0.25, 0.3) is 5.91 Å². The van der Waals surface area contributed by atoms with Crippen LogP contribution in [0.25, 0.3) is 11.1 Å². The highest BCUT2D eigenvalue weighted by molar-refractivity contribution is 9.10. The van der Waals surface area contributed by atoms with Crippen LogP contribution in [0.2, 0.25) is 0 Å². The number of benzene rings is 3. The lowest BCUT2D eigenvalue weighted by Gasteiger charge is -2.06. The van der Waals surface area contributed by atoms with E-state index < -0.39 is 0 Å². The zero-order chi connectivity index (χ0) is 17.9. The van der Waals surface area contributed by atoms with Gasteiger partial charge < -0.3 is 9.73 Å². The molecule has 0 saturated carbocycles. The zero-order valence-electron chi connectivity index (χ0n) is 13.8. The van der Waals surface area contributed by atoms with Gasteiger partial charge in [-0.15, -0.1) is 0 Å². The molecule has 1 amide bonds. The molecular formula is C21H15BrN2O2. The van der Waals surface area contributed by atoms with Gasteiger partial charge in [0, 0.05) is 16.6 Å². The van der Waals surface area contributed by atoms with Crippen molar-refractivity contribution in [2.75, 3.05) is 5.32 Å². The Morgan fingerprint density at radius 1 is 1.00 bits per heavy atom. The van der Waals surface area contributed by atoms with E-state index in [2.05, 4.69) is 26.2 Å². The number of carbonyl (C=O) groups excluding carboxylic acids is 1. The third kappa shape index (κ3) is 3.53. The van der Waals surface area contributed by atoms with Gasteiger partial charge in [0.05, 0.1) is 5.56 Å². The lowest BCUT2D eigenvalue weighted by atomic mass is 10.1. The van der Waals surface area contributed by atoms with E-state index in [4.69, 9.17) is 4.42 Å². The van der Waals surface area contributed by atoms with Gasteiger partial charge in [-0.1, -0.05) is 42.5 Å². The molecule has 1 N–H and O–H groups in total. The molecule has 5 heteroatoms. The lowest BCUT2D eigenvalue weighted by molar-refractivity contribution is 0.102. The average Bonchev–Trinajstić information content (AvgIpc) is 3.04. The minimum absolute atomic E-state index is 0.176. The van der Waals surface area contributed by atoms with Crippen molar-refractivity contribution in [1.29, 1.82) is 0 Å². The Kier molecular flexibility index (Phi) is 4.54. The molecule has 0 fully saturated rings. The van der Waals surface area contributed by atoms with Gasteiger partial charge in [-0.3, -0.25) is 4.79 Å². The fourth-order valence-electron chi connectivity index (χ4n) is 2.74. The molecule has 26 heavy (non-hydrogen) atoms. The van der Waals surface area contributed by atoms with Gasteiger partial charge in [0.2, 0.25) is 0 Å². The average molecular weight is 407 g/mol. The van der Waals surface area contributed by atoms with Crippen LogP contribution in [0.15, 0.2) is 81.7 Å². The number of halogens is 1. The summed E-state index contributed by atoms with van der Waals surface area (Å²) in [6.07, 6.45) is 0.633. The highest BCUT2D eigenvalue weighted by atomic mass is 79.9. The molecule has 0 aliphatic rings. The van der Waals surface area contributed by atoms with Crippen LogP contribution in [0.4, 0.5) is 5.69 Å². The van der Waals surface area contributed by atoms with E-state index >= 15 is 0 Å². The number of hydrogen-bond acceptors (Lipinski definition) is 3. The van der Waals surface area contributed by atoms with Crippen LogP contribution in [0.3, 0.4) is 0 Å². The largest absolute Gasteiger partial charge is 0.440 e. The van der Waals surface area contributed by atoms with E-state index in [-0.39, 0.29) is 5.91 Å². The SMILES string of the molecule is O=C(Nc1ccc2oc(Cc3ccccc3)nc2c1)c1ccccc1Br. The summed E-state index contributed by atoms with van der Waals surface area (Å²) in [7, 11) is 0. The van der Waals surface area contributed by atoms with Gasteiger partial charge in [-0.25, -0.2) is 4.98 Å². The van der Waals surface area contributed by atoms with Gasteiger partial charge in [-0.2, -0.15) is 0 Å². The van der Waals surface area contributed by atoms with E-state index in [1.54, 1.807) is 6.07 Å². The summed E-state index contributed by atoms with van der Waals surface area (Å²) in [4.78, 5) is 17.0. The van der Waals surface area contributed by atoms with Crippen LogP contribution in [-0.2, 0) is 6.42 Å². The Labute approximate surface area is 159 Å². The molecule has 0 atom stereocenters. The molecule has 4 nitrogen and oxygen atoms in total. The van der Waals surface area contributed by atoms with Crippen molar-refractivity contribution in [3.63, 3.8) is 0 Å². The highest BCUT2D eigenvalue weighted by Gasteiger charge is 2.12. The van der Waals surface area contributed by atoms with Crippen LogP contribution < -0.4 is 5.32 Å². The standard InChI is InChI=1S/C21H15BrN2O2/c22-17-9-5-4-8-16(17)21(25)23-15-10-11-19-18(13-15)24-20(26-19)12-14-6-2-1-3-7-14/h1-11,13H,12H2,(H,23,25). The number of aromatic nitrogens is 1. The number of fused-ring (bicyclic) bond motifs is 1. The first-order valence-electron chi connectivity index (χ1n) is 8.18. The zero-order valence-corrected chi connectivity index (χ0v) is 15.4. The summed E-state index contributed by atoms with van der Waals surface area (Å²) in [6.45, 7) is 0. The second-order valence-electron chi connectivity index (χ2n) is 5.89. The fourth-order valence-corrected chi connectivity index (χ4v) is 3.21. The maximum absolute atomic E-state index is 12.4. The van der Waals surface area contributed by atoms with E-state index in [0.717, 1.165) is 15.6 Å². The van der Waals surface area contributed by atoms with Crippen LogP contribution in [0.1, 0.15) is 21.8 Å². The van der Waals surface area contributed by atoms with Crippen LogP contribution in [-0.4, -0.2) is 10.9 Å². The van der Waals surface area contributed by atoms with Gasteiger partial charge in [-0.05, 0) is 51.8 Å². The fraction of sp³-hybridized carbons (Fsp3) is 0.0476. The molecule has 3 aromatic carbocycles. The Balaban J connectivity index is 1.56. The predicted octanol–water partition coefficient (Wildman–Crippen LogP) is 5.43. The van der Waals surface area contributed by atoms with Crippen molar-refractivity contribution in [3.05, 3.63) is 94.3 Å². The number of carbonyl (C=O) groups is 1. The third-order valence-electron chi connectivity index (χ3n) is 4.01. The molecule has 4 aromatic rings. The van der Waals surface area contributed by atoms with Crippen molar-refractivity contribution < 1.29 is 9.21 Å². The topological polar surface area (TPSA) is 55.1 Å². The van der Waals surface area contributed by atoms with Gasteiger partial charge in [0.1, 0.15) is 5.52 Å². The number of anilines is 1. The van der Waals surface area contributed by atoms with Crippen molar-refractivity contribution in [2.45, 2.75) is 6.42 Å². The number of hydrogen-bond donors (Lipinski definition) is 1. The van der Waals surface area contributed by atoms with E-state index in [9.17, 15) is 4.79 Å². The normalized spacial score (nSPS) is 10.8. The summed E-state index contributed by atoms with van der Waals surface area (Å²) >= 11 is 3.40. The minimum Gasteiger partial charge on any atom is -0.440 e. The maximum Gasteiger partial charge on any atom is 0.256 e. The summed E-state index contributed by atoms with van der Waals surface area (Å²) in [5.74, 6) is 0.477. The molecule has 0 saturated heterocycles. The molecule has 128 valence electrons. The van der Waals surface area contributed by atoms with Crippen molar-refractivity contribution in [3.8, 4) is 0 Å². The Bertz CT molecular complexity index is 1070. The summed E-state index contributed by atoms with van der Waals surface area (Å²) in [5.41, 5.74) is 3.83. The summed E-state index contributed by atoms with van der Waals surface area (Å²) in [6, 6.07) is 22.8. The number of oxazole rings is 1. The molecule has 1 heterocycles.